The van der Waals surface area contributed by atoms with E-state index in [4.69, 9.17) is 4.74 Å². The average Bonchev–Trinajstić information content (AvgIpc) is 3.00. The summed E-state index contributed by atoms with van der Waals surface area (Å²) in [6.45, 7) is 3.85. The highest BCUT2D eigenvalue weighted by Crippen LogP contribution is 2.28. The second-order valence-corrected chi connectivity index (χ2v) is 6.50. The summed E-state index contributed by atoms with van der Waals surface area (Å²) in [6, 6.07) is 11.1. The van der Waals surface area contributed by atoms with Crippen LogP contribution in [0.1, 0.15) is 32.9 Å². The first-order chi connectivity index (χ1) is 14.2. The molecule has 0 radical (unpaired) electrons. The van der Waals surface area contributed by atoms with Crippen LogP contribution in [-0.2, 0) is 10.9 Å². The van der Waals surface area contributed by atoms with Gasteiger partial charge in [-0.15, -0.1) is 0 Å². The van der Waals surface area contributed by atoms with Crippen molar-refractivity contribution in [3.8, 4) is 5.69 Å². The van der Waals surface area contributed by atoms with E-state index in [2.05, 4.69) is 15.5 Å². The van der Waals surface area contributed by atoms with Gasteiger partial charge in [-0.25, -0.2) is 9.78 Å². The van der Waals surface area contributed by atoms with E-state index >= 15 is 0 Å². The predicted octanol–water partition coefficient (Wildman–Crippen LogP) is 4.74. The lowest BCUT2D eigenvalue weighted by molar-refractivity contribution is -0.137. The van der Waals surface area contributed by atoms with Gasteiger partial charge in [0.05, 0.1) is 24.5 Å². The number of esters is 1. The minimum atomic E-state index is -4.43. The fraction of sp³-hybridized carbons (Fsp3) is 0.190. The molecule has 1 N–H and O–H groups in total. The number of methoxy groups -OCH3 is 1. The van der Waals surface area contributed by atoms with Crippen molar-refractivity contribution < 1.29 is 22.7 Å². The lowest BCUT2D eigenvalue weighted by Gasteiger charge is -2.10. The summed E-state index contributed by atoms with van der Waals surface area (Å²) in [5, 5.41) is 4.07. The number of ether oxygens (including phenoxy) is 1. The van der Waals surface area contributed by atoms with Crippen molar-refractivity contribution in [1.82, 2.24) is 9.55 Å². The number of nitrogens with zero attached hydrogens (tertiary/aromatic N) is 3. The molecule has 0 amide bonds. The van der Waals surface area contributed by atoms with Crippen LogP contribution in [-0.4, -0.2) is 28.8 Å². The van der Waals surface area contributed by atoms with E-state index in [1.807, 2.05) is 36.6 Å². The van der Waals surface area contributed by atoms with E-state index in [1.54, 1.807) is 18.3 Å². The van der Waals surface area contributed by atoms with Gasteiger partial charge in [0.1, 0.15) is 5.82 Å². The number of hydrazone groups is 1. The molecule has 0 fully saturated rings. The minimum absolute atomic E-state index is 0.200. The van der Waals surface area contributed by atoms with Gasteiger partial charge in [0.25, 0.3) is 0 Å². The van der Waals surface area contributed by atoms with Crippen LogP contribution in [0.3, 0.4) is 0 Å². The van der Waals surface area contributed by atoms with E-state index in [0.29, 0.717) is 5.56 Å². The number of halogens is 3. The summed E-state index contributed by atoms with van der Waals surface area (Å²) in [6.07, 6.45) is -2.11. The molecule has 3 rings (SSSR count). The molecule has 0 unspecified atom stereocenters. The highest BCUT2D eigenvalue weighted by atomic mass is 19.4. The predicted molar refractivity (Wildman–Crippen MR) is 107 cm³/mol. The largest absolute Gasteiger partial charge is 0.465 e. The van der Waals surface area contributed by atoms with Crippen molar-refractivity contribution in [3.05, 3.63) is 76.7 Å². The molecule has 0 bridgehead atoms. The van der Waals surface area contributed by atoms with Gasteiger partial charge in [0, 0.05) is 28.8 Å². The van der Waals surface area contributed by atoms with E-state index in [1.165, 1.54) is 13.2 Å². The highest BCUT2D eigenvalue weighted by molar-refractivity contribution is 5.89. The molecule has 0 saturated carbocycles. The normalized spacial score (nSPS) is 11.7. The molecule has 6 nitrogen and oxygen atoms in total. The number of nitrogens with one attached hydrogen (secondary N) is 1. The molecule has 2 aromatic heterocycles. The summed E-state index contributed by atoms with van der Waals surface area (Å²) in [5.74, 6) is -0.204. The van der Waals surface area contributed by atoms with Crippen LogP contribution in [0.2, 0.25) is 0 Å². The zero-order valence-corrected chi connectivity index (χ0v) is 16.5. The third-order valence-corrected chi connectivity index (χ3v) is 4.49. The monoisotopic (exact) mass is 416 g/mol. The molecule has 3 aromatic rings. The van der Waals surface area contributed by atoms with Crippen molar-refractivity contribution >= 4 is 18.0 Å². The number of carbonyl (C=O) groups is 1. The number of hydrogen-bond donors (Lipinski definition) is 1. The fourth-order valence-electron chi connectivity index (χ4n) is 2.98. The Morgan fingerprint density at radius 2 is 1.87 bits per heavy atom. The molecular formula is C21H19F3N4O2. The molecule has 1 aromatic carbocycles. The second kappa shape index (κ2) is 8.40. The van der Waals surface area contributed by atoms with E-state index < -0.39 is 17.7 Å². The Bertz CT molecular complexity index is 1070. The molecule has 156 valence electrons. The number of alkyl halides is 3. The Hall–Kier alpha value is -3.62. The maximum absolute atomic E-state index is 12.6. The van der Waals surface area contributed by atoms with E-state index in [-0.39, 0.29) is 5.82 Å². The quantitative estimate of drug-likeness (QED) is 0.371. The van der Waals surface area contributed by atoms with Crippen molar-refractivity contribution in [2.45, 2.75) is 20.0 Å². The second-order valence-electron chi connectivity index (χ2n) is 6.50. The molecule has 0 spiro atoms. The van der Waals surface area contributed by atoms with Crippen LogP contribution in [0.15, 0.2) is 53.8 Å². The molecule has 0 aliphatic heterocycles. The van der Waals surface area contributed by atoms with Crippen LogP contribution in [0.4, 0.5) is 19.0 Å². The van der Waals surface area contributed by atoms with Gasteiger partial charge in [-0.3, -0.25) is 5.43 Å². The molecular weight excluding hydrogens is 397 g/mol. The van der Waals surface area contributed by atoms with Crippen LogP contribution in [0.25, 0.3) is 5.69 Å². The number of anilines is 1. The van der Waals surface area contributed by atoms with Crippen LogP contribution < -0.4 is 5.43 Å². The number of hydrogen-bond acceptors (Lipinski definition) is 5. The third kappa shape index (κ3) is 4.51. The van der Waals surface area contributed by atoms with Gasteiger partial charge < -0.3 is 9.30 Å². The first kappa shape index (κ1) is 21.1. The smallest absolute Gasteiger partial charge is 0.417 e. The Balaban J connectivity index is 1.76. The molecule has 0 atom stereocenters. The van der Waals surface area contributed by atoms with Gasteiger partial charge in [-0.1, -0.05) is 0 Å². The van der Waals surface area contributed by atoms with Crippen LogP contribution >= 0.6 is 0 Å². The highest BCUT2D eigenvalue weighted by Gasteiger charge is 2.30. The number of aryl methyl sites for hydroxylation is 1. The van der Waals surface area contributed by atoms with Crippen LogP contribution in [0, 0.1) is 13.8 Å². The topological polar surface area (TPSA) is 68.5 Å². The Morgan fingerprint density at radius 3 is 2.43 bits per heavy atom. The molecule has 0 aliphatic carbocycles. The van der Waals surface area contributed by atoms with Gasteiger partial charge in [0.15, 0.2) is 0 Å². The Morgan fingerprint density at radius 1 is 1.17 bits per heavy atom. The number of benzene rings is 1. The van der Waals surface area contributed by atoms with Crippen molar-refractivity contribution in [3.63, 3.8) is 0 Å². The van der Waals surface area contributed by atoms with Crippen LogP contribution in [0.5, 0.6) is 0 Å². The fourth-order valence-corrected chi connectivity index (χ4v) is 2.98. The zero-order chi connectivity index (χ0) is 21.9. The maximum atomic E-state index is 12.6. The summed E-state index contributed by atoms with van der Waals surface area (Å²) in [5.41, 5.74) is 5.81. The number of carbonyl (C=O) groups excluding carboxylic acids is 1. The molecule has 9 heteroatoms. The molecule has 2 heterocycles. The third-order valence-electron chi connectivity index (χ3n) is 4.49. The Labute approximate surface area is 171 Å². The zero-order valence-electron chi connectivity index (χ0n) is 16.5. The average molecular weight is 416 g/mol. The summed E-state index contributed by atoms with van der Waals surface area (Å²) in [4.78, 5) is 15.3. The van der Waals surface area contributed by atoms with Gasteiger partial charge in [-0.2, -0.15) is 18.3 Å². The number of pyridine rings is 1. The lowest BCUT2D eigenvalue weighted by Crippen LogP contribution is -2.05. The maximum Gasteiger partial charge on any atom is 0.417 e. The van der Waals surface area contributed by atoms with Crippen molar-refractivity contribution in [1.29, 1.82) is 0 Å². The van der Waals surface area contributed by atoms with Gasteiger partial charge in [0.2, 0.25) is 0 Å². The molecule has 0 aliphatic rings. The SMILES string of the molecule is COC(=O)c1ccc(-n2c(C)cc(/C=N\Nc3ccc(C(F)(F)F)cn3)c2C)cc1. The molecule has 30 heavy (non-hydrogen) atoms. The van der Waals surface area contributed by atoms with Gasteiger partial charge in [-0.05, 0) is 56.3 Å². The number of rotatable bonds is 5. The first-order valence-electron chi connectivity index (χ1n) is 8.90. The lowest BCUT2D eigenvalue weighted by atomic mass is 10.2. The number of aromatic nitrogens is 2. The minimum Gasteiger partial charge on any atom is -0.465 e. The summed E-state index contributed by atoms with van der Waals surface area (Å²) < 4.78 is 44.5. The first-order valence-corrected chi connectivity index (χ1v) is 8.90. The van der Waals surface area contributed by atoms with E-state index in [9.17, 15) is 18.0 Å². The summed E-state index contributed by atoms with van der Waals surface area (Å²) in [7, 11) is 1.33. The Kier molecular flexibility index (Phi) is 5.91. The summed E-state index contributed by atoms with van der Waals surface area (Å²) >= 11 is 0. The standard InChI is InChI=1S/C21H19F3N4O2/c1-13-10-16(11-26-27-19-9-6-17(12-25-19)21(22,23)24)14(2)28(13)18-7-4-15(5-8-18)20(29)30-3/h4-12H,1-3H3,(H,25,27)/b26-11-. The van der Waals surface area contributed by atoms with E-state index in [0.717, 1.165) is 34.9 Å². The van der Waals surface area contributed by atoms with Crippen molar-refractivity contribution in [2.75, 3.05) is 12.5 Å². The van der Waals surface area contributed by atoms with Crippen molar-refractivity contribution in [2.24, 2.45) is 5.10 Å². The van der Waals surface area contributed by atoms with Gasteiger partial charge >= 0.3 is 12.1 Å². The molecule has 0 saturated heterocycles.